The average Bonchev–Trinajstić information content (AvgIpc) is 2.09. The molecule has 1 rings (SSSR count). The van der Waals surface area contributed by atoms with E-state index in [0.717, 1.165) is 0 Å². The fourth-order valence-electron chi connectivity index (χ4n) is 0.454. The molecular weight excluding hydrogens is 140 g/mol. The van der Waals surface area contributed by atoms with Gasteiger partial charge in [-0.25, -0.2) is 9.97 Å². The summed E-state index contributed by atoms with van der Waals surface area (Å²) in [6.45, 7) is 7.28. The molecule has 0 aliphatic heterocycles. The van der Waals surface area contributed by atoms with Crippen molar-refractivity contribution in [2.24, 2.45) is 4.99 Å². The van der Waals surface area contributed by atoms with Gasteiger partial charge in [-0.05, 0) is 6.72 Å². The molecule has 0 radical (unpaired) electrons. The van der Waals surface area contributed by atoms with E-state index in [0.29, 0.717) is 11.5 Å². The lowest BCUT2D eigenvalue weighted by molar-refractivity contribution is 1.17. The molecule has 1 heterocycles. The Morgan fingerprint density at radius 3 is 2.55 bits per heavy atom. The monoisotopic (exact) mass is 152 g/mol. The summed E-state index contributed by atoms with van der Waals surface area (Å²) < 4.78 is 0. The molecule has 4 nitrogen and oxygen atoms in total. The third-order valence-electron chi connectivity index (χ3n) is 0.893. The van der Waals surface area contributed by atoms with Crippen molar-refractivity contribution in [2.75, 3.05) is 5.73 Å². The Bertz CT molecular complexity index is 221. The lowest BCUT2D eigenvalue weighted by atomic mass is 10.5. The van der Waals surface area contributed by atoms with Crippen LogP contribution in [-0.2, 0) is 0 Å². The minimum absolute atomic E-state index is 0.361. The Labute approximate surface area is 66.2 Å². The topological polar surface area (TPSA) is 64.2 Å². The highest BCUT2D eigenvalue weighted by Gasteiger charge is 1.92. The number of nitrogen functional groups attached to an aromatic ring is 1. The molecular formula is C7H12N4. The molecule has 0 atom stereocenters. The van der Waals surface area contributed by atoms with Crippen LogP contribution in [0.4, 0.5) is 11.5 Å². The van der Waals surface area contributed by atoms with E-state index in [-0.39, 0.29) is 0 Å². The van der Waals surface area contributed by atoms with Gasteiger partial charge >= 0.3 is 0 Å². The predicted molar refractivity (Wildman–Crippen MR) is 47.0 cm³/mol. The van der Waals surface area contributed by atoms with Crippen LogP contribution in [0.15, 0.2) is 17.5 Å². The van der Waals surface area contributed by atoms with E-state index in [1.807, 2.05) is 13.8 Å². The number of aromatic nitrogens is 2. The summed E-state index contributed by atoms with van der Waals surface area (Å²) in [6, 6.07) is 0. The Balaban J connectivity index is 0.000000461. The number of nitrogens with two attached hydrogens (primary N) is 1. The smallest absolute Gasteiger partial charge is 0.152 e. The lowest BCUT2D eigenvalue weighted by Crippen LogP contribution is -1.89. The maximum Gasteiger partial charge on any atom is 0.152 e. The van der Waals surface area contributed by atoms with Crippen molar-refractivity contribution >= 4 is 18.2 Å². The zero-order valence-electron chi connectivity index (χ0n) is 6.78. The van der Waals surface area contributed by atoms with Crippen LogP contribution in [0.2, 0.25) is 0 Å². The van der Waals surface area contributed by atoms with Crippen LogP contribution in [0.25, 0.3) is 0 Å². The zero-order chi connectivity index (χ0) is 8.69. The molecule has 11 heavy (non-hydrogen) atoms. The normalized spacial score (nSPS) is 7.82. The third-order valence-corrected chi connectivity index (χ3v) is 0.893. The maximum absolute atomic E-state index is 5.35. The van der Waals surface area contributed by atoms with Gasteiger partial charge in [0.1, 0.15) is 12.0 Å². The van der Waals surface area contributed by atoms with Gasteiger partial charge in [0, 0.05) is 0 Å². The second kappa shape index (κ2) is 5.34. The van der Waals surface area contributed by atoms with E-state index in [9.17, 15) is 0 Å². The maximum atomic E-state index is 5.35. The van der Waals surface area contributed by atoms with Crippen LogP contribution in [-0.4, -0.2) is 16.7 Å². The van der Waals surface area contributed by atoms with Crippen LogP contribution in [0.5, 0.6) is 0 Å². The lowest BCUT2D eigenvalue weighted by Gasteiger charge is -1.92. The van der Waals surface area contributed by atoms with Crippen molar-refractivity contribution in [3.63, 3.8) is 0 Å². The first-order valence-electron chi connectivity index (χ1n) is 3.37. The summed E-state index contributed by atoms with van der Waals surface area (Å²) in [5, 5.41) is 0. The molecule has 1 aromatic heterocycles. The van der Waals surface area contributed by atoms with Crippen LogP contribution >= 0.6 is 0 Å². The number of rotatable bonds is 1. The molecule has 0 saturated carbocycles. The van der Waals surface area contributed by atoms with E-state index in [1.54, 1.807) is 0 Å². The second-order valence-electron chi connectivity index (χ2n) is 1.45. The Hall–Kier alpha value is -1.45. The number of hydrogen-bond acceptors (Lipinski definition) is 4. The SMILES string of the molecule is C=Nc1cncnc1N.CC. The first-order valence-corrected chi connectivity index (χ1v) is 3.37. The molecule has 0 aromatic carbocycles. The van der Waals surface area contributed by atoms with Crippen molar-refractivity contribution in [3.05, 3.63) is 12.5 Å². The van der Waals surface area contributed by atoms with Crippen molar-refractivity contribution in [3.8, 4) is 0 Å². The van der Waals surface area contributed by atoms with Crippen LogP contribution in [0.3, 0.4) is 0 Å². The van der Waals surface area contributed by atoms with Gasteiger partial charge < -0.3 is 5.73 Å². The summed E-state index contributed by atoms with van der Waals surface area (Å²) >= 11 is 0. The molecule has 0 bridgehead atoms. The Morgan fingerprint density at radius 1 is 1.55 bits per heavy atom. The number of hydrogen-bond donors (Lipinski definition) is 1. The first-order chi connectivity index (χ1) is 5.34. The molecule has 0 amide bonds. The third kappa shape index (κ3) is 2.75. The number of aliphatic imine (C=N–C) groups is 1. The molecule has 1 aromatic rings. The highest BCUT2D eigenvalue weighted by atomic mass is 14.9. The van der Waals surface area contributed by atoms with E-state index < -0.39 is 0 Å². The van der Waals surface area contributed by atoms with Crippen molar-refractivity contribution in [1.82, 2.24) is 9.97 Å². The molecule has 60 valence electrons. The summed E-state index contributed by atoms with van der Waals surface area (Å²) in [5.74, 6) is 0.361. The van der Waals surface area contributed by atoms with Crippen LogP contribution < -0.4 is 5.73 Å². The van der Waals surface area contributed by atoms with Gasteiger partial charge in [-0.2, -0.15) is 0 Å². The van der Waals surface area contributed by atoms with Gasteiger partial charge in [0.05, 0.1) is 6.20 Å². The summed E-state index contributed by atoms with van der Waals surface area (Å²) in [4.78, 5) is 10.9. The molecule has 4 heteroatoms. The Morgan fingerprint density at radius 2 is 2.18 bits per heavy atom. The second-order valence-corrected chi connectivity index (χ2v) is 1.45. The fraction of sp³-hybridized carbons (Fsp3) is 0.286. The fourth-order valence-corrected chi connectivity index (χ4v) is 0.454. The number of nitrogens with zero attached hydrogens (tertiary/aromatic N) is 3. The highest BCUT2D eigenvalue weighted by Crippen LogP contribution is 2.13. The molecule has 0 aliphatic rings. The van der Waals surface area contributed by atoms with Gasteiger partial charge in [-0.15, -0.1) is 0 Å². The molecule has 0 aliphatic carbocycles. The van der Waals surface area contributed by atoms with Crippen molar-refractivity contribution < 1.29 is 0 Å². The Kier molecular flexibility index (Phi) is 4.64. The minimum atomic E-state index is 0.361. The summed E-state index contributed by atoms with van der Waals surface area (Å²) in [6.07, 6.45) is 2.87. The largest absolute Gasteiger partial charge is 0.382 e. The van der Waals surface area contributed by atoms with Crippen LogP contribution in [0.1, 0.15) is 13.8 Å². The van der Waals surface area contributed by atoms with Crippen LogP contribution in [0, 0.1) is 0 Å². The quantitative estimate of drug-likeness (QED) is 0.619. The molecule has 0 spiro atoms. The molecule has 0 fully saturated rings. The van der Waals surface area contributed by atoms with E-state index in [1.165, 1.54) is 12.5 Å². The standard InChI is InChI=1S/C5H6N4.C2H6/c1-7-4-2-8-3-9-5(4)6;1-2/h2-3H,1H2,(H2,6,8,9);1-2H3. The molecule has 0 unspecified atom stereocenters. The van der Waals surface area contributed by atoms with Gasteiger partial charge in [-0.1, -0.05) is 13.8 Å². The van der Waals surface area contributed by atoms with E-state index in [2.05, 4.69) is 21.7 Å². The predicted octanol–water partition coefficient (Wildman–Crippen LogP) is 1.42. The zero-order valence-corrected chi connectivity index (χ0v) is 6.78. The molecule has 0 saturated heterocycles. The number of anilines is 1. The van der Waals surface area contributed by atoms with E-state index >= 15 is 0 Å². The summed E-state index contributed by atoms with van der Waals surface area (Å²) in [7, 11) is 0. The van der Waals surface area contributed by atoms with E-state index in [4.69, 9.17) is 5.73 Å². The average molecular weight is 152 g/mol. The van der Waals surface area contributed by atoms with Crippen molar-refractivity contribution in [1.29, 1.82) is 0 Å². The van der Waals surface area contributed by atoms with Gasteiger partial charge in [-0.3, -0.25) is 4.99 Å². The minimum Gasteiger partial charge on any atom is -0.382 e. The van der Waals surface area contributed by atoms with Crippen molar-refractivity contribution in [2.45, 2.75) is 13.8 Å². The molecule has 2 N–H and O–H groups in total. The first kappa shape index (κ1) is 9.55. The highest BCUT2D eigenvalue weighted by molar-refractivity contribution is 5.58. The summed E-state index contributed by atoms with van der Waals surface area (Å²) in [5.41, 5.74) is 5.87. The van der Waals surface area contributed by atoms with Gasteiger partial charge in [0.25, 0.3) is 0 Å². The van der Waals surface area contributed by atoms with Gasteiger partial charge in [0.15, 0.2) is 5.82 Å². The van der Waals surface area contributed by atoms with Gasteiger partial charge in [0.2, 0.25) is 0 Å².